The first-order chi connectivity index (χ1) is 13.6. The lowest BCUT2D eigenvalue weighted by Crippen LogP contribution is -2.15. The Morgan fingerprint density at radius 3 is 2.64 bits per heavy atom. The fourth-order valence-corrected chi connectivity index (χ4v) is 2.66. The van der Waals surface area contributed by atoms with E-state index in [4.69, 9.17) is 30.5 Å². The molecule has 0 unspecified atom stereocenters. The zero-order valence-electron chi connectivity index (χ0n) is 16.0. The van der Waals surface area contributed by atoms with Crippen LogP contribution in [0.15, 0.2) is 41.5 Å². The van der Waals surface area contributed by atoms with Crippen LogP contribution in [-0.4, -0.2) is 39.6 Å². The molecule has 0 bridgehead atoms. The third kappa shape index (κ3) is 6.06. The first-order valence-corrected chi connectivity index (χ1v) is 9.00. The summed E-state index contributed by atoms with van der Waals surface area (Å²) < 4.78 is 20.9. The van der Waals surface area contributed by atoms with Gasteiger partial charge in [-0.15, -0.1) is 0 Å². The van der Waals surface area contributed by atoms with Crippen molar-refractivity contribution in [1.29, 1.82) is 0 Å². The number of hydrogen-bond acceptors (Lipinski definition) is 7. The summed E-state index contributed by atoms with van der Waals surface area (Å²) in [6.07, 6.45) is 1.61. The number of carbonyl (C=O) groups excluding carboxylic acids is 1. The Bertz CT molecular complexity index is 826. The minimum Gasteiger partial charge on any atom is -0.496 e. The maximum absolute atomic E-state index is 11.5. The first kappa shape index (κ1) is 21.4. The molecule has 7 nitrogen and oxygen atoms in total. The van der Waals surface area contributed by atoms with Crippen LogP contribution in [0.1, 0.15) is 18.1 Å². The van der Waals surface area contributed by atoms with Crippen molar-refractivity contribution >= 4 is 23.8 Å². The number of para-hydroxylation sites is 1. The van der Waals surface area contributed by atoms with Crippen molar-refractivity contribution in [3.8, 4) is 17.2 Å². The van der Waals surface area contributed by atoms with Gasteiger partial charge >= 0.3 is 5.97 Å². The summed E-state index contributed by atoms with van der Waals surface area (Å²) in [6.45, 7) is 2.26. The lowest BCUT2D eigenvalue weighted by Gasteiger charge is -2.12. The molecule has 28 heavy (non-hydrogen) atoms. The quantitative estimate of drug-likeness (QED) is 0.370. The van der Waals surface area contributed by atoms with E-state index < -0.39 is 5.97 Å². The van der Waals surface area contributed by atoms with Crippen LogP contribution in [0.4, 0.5) is 0 Å². The van der Waals surface area contributed by atoms with Gasteiger partial charge in [0.1, 0.15) is 5.75 Å². The normalized spacial score (nSPS) is 10.6. The molecule has 1 N–H and O–H groups in total. The largest absolute Gasteiger partial charge is 0.496 e. The minimum absolute atomic E-state index is 0.252. The van der Waals surface area contributed by atoms with Crippen molar-refractivity contribution in [3.05, 3.63) is 52.5 Å². The highest BCUT2D eigenvalue weighted by Gasteiger charge is 2.14. The Kier molecular flexibility index (Phi) is 8.42. The maximum Gasteiger partial charge on any atom is 0.344 e. The zero-order chi connectivity index (χ0) is 20.4. The molecule has 0 saturated heterocycles. The molecule has 150 valence electrons. The summed E-state index contributed by atoms with van der Waals surface area (Å²) in [7, 11) is 3.12. The second-order valence-electron chi connectivity index (χ2n) is 5.53. The summed E-state index contributed by atoms with van der Waals surface area (Å²) in [6, 6.07) is 11.1. The van der Waals surface area contributed by atoms with E-state index in [1.807, 2.05) is 24.3 Å². The Hall–Kier alpha value is -2.93. The molecule has 0 aliphatic rings. The lowest BCUT2D eigenvalue weighted by molar-refractivity contribution is -0.145. The van der Waals surface area contributed by atoms with Gasteiger partial charge in [-0.2, -0.15) is 5.10 Å². The summed E-state index contributed by atoms with van der Waals surface area (Å²) in [5.74, 6) is 0.976. The van der Waals surface area contributed by atoms with Crippen LogP contribution in [0.3, 0.4) is 0 Å². The molecule has 0 aliphatic heterocycles. The van der Waals surface area contributed by atoms with Crippen molar-refractivity contribution in [1.82, 2.24) is 5.43 Å². The van der Waals surface area contributed by atoms with E-state index in [9.17, 15) is 4.79 Å². The van der Waals surface area contributed by atoms with Gasteiger partial charge in [-0.25, -0.2) is 4.79 Å². The predicted octanol–water partition coefficient (Wildman–Crippen LogP) is 3.42. The number of ether oxygens (including phenoxy) is 4. The van der Waals surface area contributed by atoms with Crippen LogP contribution in [0.2, 0.25) is 5.02 Å². The third-order valence-corrected chi connectivity index (χ3v) is 3.94. The fourth-order valence-electron chi connectivity index (χ4n) is 2.39. The van der Waals surface area contributed by atoms with Gasteiger partial charge in [-0.3, -0.25) is 0 Å². The van der Waals surface area contributed by atoms with Crippen molar-refractivity contribution < 1.29 is 23.7 Å². The Balaban J connectivity index is 2.02. The summed E-state index contributed by atoms with van der Waals surface area (Å²) in [5, 5.41) is 4.50. The van der Waals surface area contributed by atoms with E-state index in [1.165, 1.54) is 7.11 Å². The molecule has 0 saturated carbocycles. The number of hydrazone groups is 1. The molecular formula is C20H23ClN2O5. The predicted molar refractivity (Wildman–Crippen MR) is 108 cm³/mol. The average Bonchev–Trinajstić information content (AvgIpc) is 2.70. The van der Waals surface area contributed by atoms with E-state index >= 15 is 0 Å². The number of esters is 1. The van der Waals surface area contributed by atoms with Crippen LogP contribution in [0.5, 0.6) is 17.2 Å². The van der Waals surface area contributed by atoms with Gasteiger partial charge in [0.05, 0.1) is 38.6 Å². The van der Waals surface area contributed by atoms with Crippen molar-refractivity contribution in [2.45, 2.75) is 13.5 Å². The highest BCUT2D eigenvalue weighted by atomic mass is 35.5. The third-order valence-electron chi connectivity index (χ3n) is 3.66. The monoisotopic (exact) mass is 406 g/mol. The van der Waals surface area contributed by atoms with Crippen LogP contribution in [0.25, 0.3) is 0 Å². The highest BCUT2D eigenvalue weighted by Crippen LogP contribution is 2.36. The molecule has 2 aromatic carbocycles. The molecule has 0 spiro atoms. The smallest absolute Gasteiger partial charge is 0.344 e. The molecule has 0 aromatic heterocycles. The fraction of sp³-hybridized carbons (Fsp3) is 0.300. The molecule has 0 amide bonds. The number of carbonyl (C=O) groups is 1. The van der Waals surface area contributed by atoms with Gasteiger partial charge in [-0.1, -0.05) is 29.8 Å². The minimum atomic E-state index is -0.480. The van der Waals surface area contributed by atoms with Crippen LogP contribution < -0.4 is 19.6 Å². The maximum atomic E-state index is 11.5. The number of nitrogens with one attached hydrogen (secondary N) is 1. The standard InChI is InChI=1S/C20H23ClN2O5/c1-4-27-19(24)13-28-20-16(21)9-14(10-18(20)26-3)11-22-23-12-15-7-5-6-8-17(15)25-2/h5-11,23H,4,12-13H2,1-3H3/b22-11+. The number of methoxy groups -OCH3 is 2. The number of halogens is 1. The topological polar surface area (TPSA) is 78.4 Å². The van der Waals surface area contributed by atoms with Crippen LogP contribution in [-0.2, 0) is 16.1 Å². The zero-order valence-corrected chi connectivity index (χ0v) is 16.8. The molecular weight excluding hydrogens is 384 g/mol. The number of benzene rings is 2. The number of rotatable bonds is 10. The van der Waals surface area contributed by atoms with Gasteiger partial charge in [0.2, 0.25) is 0 Å². The molecule has 0 fully saturated rings. The van der Waals surface area contributed by atoms with Gasteiger partial charge in [0.25, 0.3) is 0 Å². The number of nitrogens with zero attached hydrogens (tertiary/aromatic N) is 1. The van der Waals surface area contributed by atoms with Crippen molar-refractivity contribution in [3.63, 3.8) is 0 Å². The molecule has 0 atom stereocenters. The van der Waals surface area contributed by atoms with E-state index in [0.29, 0.717) is 22.9 Å². The molecule has 2 aromatic rings. The average molecular weight is 407 g/mol. The summed E-state index contributed by atoms with van der Waals surface area (Å²) in [4.78, 5) is 11.5. The second kappa shape index (κ2) is 11.0. The summed E-state index contributed by atoms with van der Waals surface area (Å²) in [5.41, 5.74) is 4.66. The van der Waals surface area contributed by atoms with Crippen LogP contribution >= 0.6 is 11.6 Å². The van der Waals surface area contributed by atoms with Gasteiger partial charge in [0, 0.05) is 5.56 Å². The van der Waals surface area contributed by atoms with Crippen LogP contribution in [0, 0.1) is 0 Å². The molecule has 8 heteroatoms. The van der Waals surface area contributed by atoms with Crippen molar-refractivity contribution in [2.75, 3.05) is 27.4 Å². The molecule has 0 heterocycles. The Morgan fingerprint density at radius 2 is 1.93 bits per heavy atom. The molecule has 0 radical (unpaired) electrons. The van der Waals surface area contributed by atoms with E-state index in [1.54, 1.807) is 32.4 Å². The second-order valence-corrected chi connectivity index (χ2v) is 5.94. The Morgan fingerprint density at radius 1 is 1.18 bits per heavy atom. The highest BCUT2D eigenvalue weighted by molar-refractivity contribution is 6.32. The first-order valence-electron chi connectivity index (χ1n) is 8.62. The molecule has 0 aliphatic carbocycles. The molecule has 2 rings (SSSR count). The lowest BCUT2D eigenvalue weighted by atomic mass is 10.2. The van der Waals surface area contributed by atoms with Gasteiger partial charge < -0.3 is 24.4 Å². The SMILES string of the molecule is CCOC(=O)COc1c(Cl)cc(/C=N/NCc2ccccc2OC)cc1OC. The van der Waals surface area contributed by atoms with Crippen molar-refractivity contribution in [2.24, 2.45) is 5.10 Å². The van der Waals surface area contributed by atoms with Gasteiger partial charge in [0.15, 0.2) is 18.1 Å². The van der Waals surface area contributed by atoms with E-state index in [0.717, 1.165) is 11.3 Å². The Labute approximate surface area is 169 Å². The number of hydrogen-bond donors (Lipinski definition) is 1. The van der Waals surface area contributed by atoms with E-state index in [2.05, 4.69) is 10.5 Å². The van der Waals surface area contributed by atoms with E-state index in [-0.39, 0.29) is 19.0 Å². The summed E-state index contributed by atoms with van der Waals surface area (Å²) >= 11 is 6.27. The van der Waals surface area contributed by atoms with Gasteiger partial charge in [-0.05, 0) is 30.7 Å².